The first-order valence-electron chi connectivity index (χ1n) is 7.11. The molecule has 1 aliphatic carbocycles. The Bertz CT molecular complexity index is 1170. The Morgan fingerprint density at radius 1 is 0.778 bits per heavy atom. The lowest BCUT2D eigenvalue weighted by molar-refractivity contribution is -0.394. The van der Waals surface area contributed by atoms with E-state index in [1.165, 1.54) is 6.07 Å². The van der Waals surface area contributed by atoms with Crippen LogP contribution in [0.4, 0.5) is 17.1 Å². The fraction of sp³-hybridized carbons (Fsp3) is 0. The Morgan fingerprint density at radius 2 is 1.37 bits per heavy atom. The minimum atomic E-state index is -0.863. The number of rotatable bonds is 3. The highest BCUT2D eigenvalue weighted by Gasteiger charge is 2.36. The van der Waals surface area contributed by atoms with E-state index in [9.17, 15) is 40.9 Å². The molecule has 0 atom stereocenters. The van der Waals surface area contributed by atoms with Crippen LogP contribution in [-0.2, 0) is 0 Å². The molecule has 1 aliphatic rings. The zero-order valence-corrected chi connectivity index (χ0v) is 13.1. The van der Waals surface area contributed by atoms with Crippen molar-refractivity contribution in [2.45, 2.75) is 0 Å². The van der Waals surface area contributed by atoms with Gasteiger partial charge < -0.3 is 0 Å². The van der Waals surface area contributed by atoms with Gasteiger partial charge in [0.05, 0.1) is 26.4 Å². The lowest BCUT2D eigenvalue weighted by Crippen LogP contribution is -1.98. The number of nitro benzene ring substituents is 3. The lowest BCUT2D eigenvalue weighted by atomic mass is 9.97. The first-order chi connectivity index (χ1) is 12.8. The first-order valence-corrected chi connectivity index (χ1v) is 7.11. The molecule has 11 heteroatoms. The molecule has 0 aliphatic heterocycles. The summed E-state index contributed by atoms with van der Waals surface area (Å²) in [5.41, 5.74) is -2.02. The van der Waals surface area contributed by atoms with E-state index < -0.39 is 31.7 Å². The average molecular weight is 363 g/mol. The van der Waals surface area contributed by atoms with E-state index in [1.807, 2.05) is 0 Å². The monoisotopic (exact) mass is 363 g/mol. The minimum Gasteiger partial charge on any atom is -0.258 e. The second kappa shape index (κ2) is 6.02. The standard InChI is InChI=1S/C16H5N5O6/c17-6-8(7-18)15-11-2-1-9(19(22)23)3-12(11)13-4-10(20(24)25)5-14(16(13)15)21(26)27/h1-5H. The first kappa shape index (κ1) is 17.2. The summed E-state index contributed by atoms with van der Waals surface area (Å²) in [7, 11) is 0. The number of nitrogens with zero attached hydrogens (tertiary/aromatic N) is 5. The van der Waals surface area contributed by atoms with Crippen LogP contribution in [0.1, 0.15) is 11.1 Å². The Labute approximate surface area is 149 Å². The number of hydrogen-bond donors (Lipinski definition) is 0. The molecule has 0 N–H and O–H groups in total. The maximum absolute atomic E-state index is 11.5. The lowest BCUT2D eigenvalue weighted by Gasteiger charge is -2.04. The molecule has 0 spiro atoms. The van der Waals surface area contributed by atoms with Gasteiger partial charge in [-0.2, -0.15) is 10.5 Å². The maximum Gasteiger partial charge on any atom is 0.284 e. The molecule has 0 saturated carbocycles. The van der Waals surface area contributed by atoms with Crippen molar-refractivity contribution >= 4 is 22.6 Å². The van der Waals surface area contributed by atoms with E-state index in [0.717, 1.165) is 24.3 Å². The Morgan fingerprint density at radius 3 is 1.89 bits per heavy atom. The van der Waals surface area contributed by atoms with Crippen molar-refractivity contribution in [3.05, 3.63) is 77.4 Å². The fourth-order valence-corrected chi connectivity index (χ4v) is 2.95. The smallest absolute Gasteiger partial charge is 0.258 e. The molecule has 0 saturated heterocycles. The number of nitro groups is 3. The molecule has 11 nitrogen and oxygen atoms in total. The van der Waals surface area contributed by atoms with Crippen LogP contribution in [0, 0.1) is 53.0 Å². The predicted octanol–water partition coefficient (Wildman–Crippen LogP) is 3.24. The van der Waals surface area contributed by atoms with Gasteiger partial charge in [0.2, 0.25) is 0 Å². The van der Waals surface area contributed by atoms with Crippen LogP contribution in [0.25, 0.3) is 16.7 Å². The van der Waals surface area contributed by atoms with Crippen molar-refractivity contribution in [2.75, 3.05) is 0 Å². The molecule has 0 radical (unpaired) electrons. The topological polar surface area (TPSA) is 177 Å². The van der Waals surface area contributed by atoms with E-state index in [1.54, 1.807) is 12.1 Å². The summed E-state index contributed by atoms with van der Waals surface area (Å²) in [6.45, 7) is 0. The van der Waals surface area contributed by atoms with E-state index in [4.69, 9.17) is 0 Å². The van der Waals surface area contributed by atoms with Crippen LogP contribution < -0.4 is 0 Å². The van der Waals surface area contributed by atoms with Gasteiger partial charge in [-0.05, 0) is 17.2 Å². The molecule has 0 aromatic heterocycles. The SMILES string of the molecule is N#CC(C#N)=C1c2ccc([N+](=O)[O-])cc2-c2cc([N+](=O)[O-])cc([N+](=O)[O-])c21. The van der Waals surface area contributed by atoms with E-state index in [2.05, 4.69) is 0 Å². The molecule has 0 bridgehead atoms. The Kier molecular flexibility index (Phi) is 3.83. The van der Waals surface area contributed by atoms with Gasteiger partial charge >= 0.3 is 0 Å². The summed E-state index contributed by atoms with van der Waals surface area (Å²) in [4.78, 5) is 31.3. The molecule has 0 amide bonds. The summed E-state index contributed by atoms with van der Waals surface area (Å²) in [5.74, 6) is 0. The predicted molar refractivity (Wildman–Crippen MR) is 89.1 cm³/mol. The second-order valence-corrected chi connectivity index (χ2v) is 5.36. The van der Waals surface area contributed by atoms with Crippen LogP contribution in [-0.4, -0.2) is 14.8 Å². The summed E-state index contributed by atoms with van der Waals surface area (Å²) in [6, 6.07) is 8.53. The van der Waals surface area contributed by atoms with Crippen molar-refractivity contribution in [3.63, 3.8) is 0 Å². The third kappa shape index (κ3) is 2.52. The molecule has 0 heterocycles. The highest BCUT2D eigenvalue weighted by Crippen LogP contribution is 2.51. The van der Waals surface area contributed by atoms with Gasteiger partial charge in [-0.15, -0.1) is 0 Å². The maximum atomic E-state index is 11.5. The summed E-state index contributed by atoms with van der Waals surface area (Å²) in [6.07, 6.45) is 0. The van der Waals surface area contributed by atoms with Gasteiger partial charge in [0.25, 0.3) is 17.1 Å². The normalized spacial score (nSPS) is 11.0. The summed E-state index contributed by atoms with van der Waals surface area (Å²) in [5, 5.41) is 52.2. The van der Waals surface area contributed by atoms with Crippen LogP contribution in [0.2, 0.25) is 0 Å². The van der Waals surface area contributed by atoms with Gasteiger partial charge in [0.1, 0.15) is 17.7 Å². The van der Waals surface area contributed by atoms with Gasteiger partial charge in [-0.1, -0.05) is 0 Å². The minimum absolute atomic E-state index is 0.0207. The van der Waals surface area contributed by atoms with E-state index >= 15 is 0 Å². The molecular weight excluding hydrogens is 358 g/mol. The van der Waals surface area contributed by atoms with Gasteiger partial charge in [-0.3, -0.25) is 30.3 Å². The van der Waals surface area contributed by atoms with E-state index in [-0.39, 0.29) is 33.5 Å². The third-order valence-electron chi connectivity index (χ3n) is 4.01. The largest absolute Gasteiger partial charge is 0.284 e. The van der Waals surface area contributed by atoms with Gasteiger partial charge in [-0.25, -0.2) is 0 Å². The molecule has 130 valence electrons. The molecule has 2 aromatic carbocycles. The van der Waals surface area contributed by atoms with Crippen molar-refractivity contribution in [1.82, 2.24) is 0 Å². The van der Waals surface area contributed by atoms with Crippen molar-refractivity contribution in [3.8, 4) is 23.3 Å². The molecule has 0 fully saturated rings. The third-order valence-corrected chi connectivity index (χ3v) is 4.01. The van der Waals surface area contributed by atoms with Crippen LogP contribution >= 0.6 is 0 Å². The number of hydrogen-bond acceptors (Lipinski definition) is 8. The number of allylic oxidation sites excluding steroid dienone is 1. The molecule has 0 unspecified atom stereocenters. The molecule has 27 heavy (non-hydrogen) atoms. The summed E-state index contributed by atoms with van der Waals surface area (Å²) >= 11 is 0. The fourth-order valence-electron chi connectivity index (χ4n) is 2.95. The zero-order valence-electron chi connectivity index (χ0n) is 13.1. The average Bonchev–Trinajstić information content (AvgIpc) is 2.96. The van der Waals surface area contributed by atoms with Crippen molar-refractivity contribution in [1.29, 1.82) is 10.5 Å². The van der Waals surface area contributed by atoms with Crippen molar-refractivity contribution < 1.29 is 14.8 Å². The molecule has 2 aromatic rings. The zero-order chi connectivity index (χ0) is 19.9. The number of fused-ring (bicyclic) bond motifs is 3. The highest BCUT2D eigenvalue weighted by molar-refractivity contribution is 6.07. The van der Waals surface area contributed by atoms with Crippen LogP contribution in [0.15, 0.2) is 35.9 Å². The number of benzene rings is 2. The highest BCUT2D eigenvalue weighted by atomic mass is 16.6. The number of nitriles is 2. The second-order valence-electron chi connectivity index (χ2n) is 5.36. The molecule has 3 rings (SSSR count). The van der Waals surface area contributed by atoms with Gasteiger partial charge in [0.15, 0.2) is 0 Å². The summed E-state index contributed by atoms with van der Waals surface area (Å²) < 4.78 is 0. The quantitative estimate of drug-likeness (QED) is 0.386. The number of non-ortho nitro benzene ring substituents is 2. The van der Waals surface area contributed by atoms with E-state index in [0.29, 0.717) is 0 Å². The van der Waals surface area contributed by atoms with Crippen LogP contribution in [0.5, 0.6) is 0 Å². The van der Waals surface area contributed by atoms with Gasteiger partial charge in [0, 0.05) is 29.3 Å². The Balaban J connectivity index is 2.55. The van der Waals surface area contributed by atoms with Crippen LogP contribution in [0.3, 0.4) is 0 Å². The Hall–Kier alpha value is -4.64. The molecular formula is C16H5N5O6. The van der Waals surface area contributed by atoms with Crippen molar-refractivity contribution in [2.24, 2.45) is 0 Å².